The van der Waals surface area contributed by atoms with Gasteiger partial charge in [0, 0.05) is 17.6 Å². The fraction of sp³-hybridized carbons (Fsp3) is 0.727. The molecule has 1 N–H and O–H groups in total. The highest BCUT2D eigenvalue weighted by Gasteiger charge is 2.28. The molecule has 1 fully saturated rings. The molecule has 2 rings (SSSR count). The Morgan fingerprint density at radius 3 is 2.81 bits per heavy atom. The van der Waals surface area contributed by atoms with E-state index in [4.69, 9.17) is 9.47 Å². The average Bonchev–Trinajstić information content (AvgIpc) is 2.71. The summed E-state index contributed by atoms with van der Waals surface area (Å²) in [6.07, 6.45) is 2.24. The maximum Gasteiger partial charge on any atom is 0.232 e. The Morgan fingerprint density at radius 1 is 1.38 bits per heavy atom. The lowest BCUT2D eigenvalue weighted by atomic mass is 9.88. The van der Waals surface area contributed by atoms with Crippen molar-refractivity contribution < 1.29 is 9.47 Å². The summed E-state index contributed by atoms with van der Waals surface area (Å²) in [4.78, 5) is 0. The third-order valence-corrected chi connectivity index (χ3v) is 3.88. The maximum absolute atomic E-state index is 5.37. The predicted octanol–water partition coefficient (Wildman–Crippen LogP) is 2.02. The van der Waals surface area contributed by atoms with Crippen LogP contribution in [0.2, 0.25) is 0 Å². The van der Waals surface area contributed by atoms with E-state index < -0.39 is 0 Å². The Labute approximate surface area is 100 Å². The largest absolute Gasteiger partial charge is 0.486 e. The molecule has 0 radical (unpaired) electrons. The van der Waals surface area contributed by atoms with Crippen molar-refractivity contribution in [1.82, 2.24) is 9.69 Å². The van der Waals surface area contributed by atoms with Gasteiger partial charge >= 0.3 is 0 Å². The molecular formula is C11H18N2O2S. The van der Waals surface area contributed by atoms with Gasteiger partial charge in [-0.1, -0.05) is 0 Å². The Morgan fingerprint density at radius 2 is 2.19 bits per heavy atom. The molecule has 1 aromatic heterocycles. The molecule has 2 atom stereocenters. The van der Waals surface area contributed by atoms with E-state index in [0.29, 0.717) is 12.0 Å². The highest BCUT2D eigenvalue weighted by molar-refractivity contribution is 7.08. The summed E-state index contributed by atoms with van der Waals surface area (Å²) >= 11 is 1.38. The highest BCUT2D eigenvalue weighted by atomic mass is 32.1. The lowest BCUT2D eigenvalue weighted by Gasteiger charge is -2.28. The molecule has 1 saturated heterocycles. The molecule has 0 spiro atoms. The van der Waals surface area contributed by atoms with E-state index in [2.05, 4.69) is 16.6 Å². The number of piperidine rings is 1. The van der Waals surface area contributed by atoms with Gasteiger partial charge in [-0.15, -0.1) is 0 Å². The minimum Gasteiger partial charge on any atom is -0.486 e. The molecule has 5 heteroatoms. The Kier molecular flexibility index (Phi) is 3.66. The van der Waals surface area contributed by atoms with Crippen molar-refractivity contribution in [2.45, 2.75) is 31.7 Å². The first-order valence-corrected chi connectivity index (χ1v) is 6.34. The summed E-state index contributed by atoms with van der Waals surface area (Å²) < 4.78 is 15.0. The molecule has 2 heterocycles. The summed E-state index contributed by atoms with van der Waals surface area (Å²) in [5.74, 6) is 1.24. The molecule has 0 aliphatic carbocycles. The molecule has 4 nitrogen and oxygen atoms in total. The first-order valence-electron chi connectivity index (χ1n) is 5.57. The lowest BCUT2D eigenvalue weighted by molar-refractivity contribution is 0.344. The predicted molar refractivity (Wildman–Crippen MR) is 64.7 cm³/mol. The number of ether oxygens (including phenoxy) is 2. The zero-order valence-corrected chi connectivity index (χ0v) is 10.8. The minimum absolute atomic E-state index is 0.500. The fourth-order valence-electron chi connectivity index (χ4n) is 2.30. The second-order valence-corrected chi connectivity index (χ2v) is 4.91. The number of nitrogens with zero attached hydrogens (tertiary/aromatic N) is 1. The van der Waals surface area contributed by atoms with E-state index >= 15 is 0 Å². The summed E-state index contributed by atoms with van der Waals surface area (Å²) in [7, 11) is 3.36. The van der Waals surface area contributed by atoms with E-state index in [0.717, 1.165) is 35.9 Å². The van der Waals surface area contributed by atoms with Crippen molar-refractivity contribution in [3.8, 4) is 10.9 Å². The van der Waals surface area contributed by atoms with Gasteiger partial charge in [-0.3, -0.25) is 0 Å². The monoisotopic (exact) mass is 242 g/mol. The molecule has 90 valence electrons. The van der Waals surface area contributed by atoms with Crippen LogP contribution in [0.1, 0.15) is 31.2 Å². The minimum atomic E-state index is 0.500. The number of hydrogen-bond donors (Lipinski definition) is 1. The molecule has 0 bridgehead atoms. The molecule has 0 aromatic carbocycles. The van der Waals surface area contributed by atoms with Crippen LogP contribution in [0, 0.1) is 0 Å². The summed E-state index contributed by atoms with van der Waals surface area (Å²) in [6, 6.07) is 0.549. The van der Waals surface area contributed by atoms with E-state index in [1.165, 1.54) is 11.5 Å². The SMILES string of the molecule is COc1nsc(OC)c1C1CCNC(C)C1. The quantitative estimate of drug-likeness (QED) is 0.880. The van der Waals surface area contributed by atoms with Crippen molar-refractivity contribution >= 4 is 11.5 Å². The van der Waals surface area contributed by atoms with Gasteiger partial charge in [0.05, 0.1) is 19.8 Å². The fourth-order valence-corrected chi connectivity index (χ4v) is 3.06. The van der Waals surface area contributed by atoms with Crippen molar-refractivity contribution in [3.63, 3.8) is 0 Å². The summed E-state index contributed by atoms with van der Waals surface area (Å²) in [5.41, 5.74) is 1.16. The third kappa shape index (κ3) is 2.15. The second-order valence-electron chi connectivity index (χ2n) is 4.17. The normalized spacial score (nSPS) is 25.4. The van der Waals surface area contributed by atoms with Crippen LogP contribution >= 0.6 is 11.5 Å². The van der Waals surface area contributed by atoms with Crippen molar-refractivity contribution in [2.24, 2.45) is 0 Å². The van der Waals surface area contributed by atoms with Gasteiger partial charge in [0.1, 0.15) is 0 Å². The zero-order valence-electron chi connectivity index (χ0n) is 9.95. The zero-order chi connectivity index (χ0) is 11.5. The van der Waals surface area contributed by atoms with Crippen molar-refractivity contribution in [2.75, 3.05) is 20.8 Å². The Hall–Kier alpha value is -0.810. The first kappa shape index (κ1) is 11.7. The number of aromatic nitrogens is 1. The highest BCUT2D eigenvalue weighted by Crippen LogP contribution is 2.42. The number of nitrogens with one attached hydrogen (secondary N) is 1. The third-order valence-electron chi connectivity index (χ3n) is 3.07. The molecule has 0 saturated carbocycles. The van der Waals surface area contributed by atoms with Crippen LogP contribution < -0.4 is 14.8 Å². The van der Waals surface area contributed by atoms with E-state index in [-0.39, 0.29) is 0 Å². The molecule has 0 amide bonds. The van der Waals surface area contributed by atoms with Crippen LogP contribution in [0.25, 0.3) is 0 Å². The van der Waals surface area contributed by atoms with Gasteiger partial charge in [-0.25, -0.2) is 0 Å². The smallest absolute Gasteiger partial charge is 0.232 e. The average molecular weight is 242 g/mol. The lowest BCUT2D eigenvalue weighted by Crippen LogP contribution is -2.34. The van der Waals surface area contributed by atoms with Crippen LogP contribution in [-0.2, 0) is 0 Å². The van der Waals surface area contributed by atoms with Gasteiger partial charge in [-0.2, -0.15) is 4.37 Å². The van der Waals surface area contributed by atoms with Gasteiger partial charge in [0.15, 0.2) is 0 Å². The van der Waals surface area contributed by atoms with Crippen LogP contribution in [0.15, 0.2) is 0 Å². The molecule has 2 unspecified atom stereocenters. The maximum atomic E-state index is 5.37. The topological polar surface area (TPSA) is 43.4 Å². The standard InChI is InChI=1S/C11H18N2O2S/c1-7-6-8(4-5-12-7)9-10(14-2)13-16-11(9)15-3/h7-8,12H,4-6H2,1-3H3. The van der Waals surface area contributed by atoms with E-state index in [1.54, 1.807) is 14.2 Å². The number of rotatable bonds is 3. The summed E-state index contributed by atoms with van der Waals surface area (Å²) in [6.45, 7) is 3.26. The molecule has 1 aliphatic rings. The van der Waals surface area contributed by atoms with Gasteiger partial charge in [-0.05, 0) is 32.2 Å². The van der Waals surface area contributed by atoms with Crippen LogP contribution in [-0.4, -0.2) is 31.2 Å². The van der Waals surface area contributed by atoms with Gasteiger partial charge in [0.25, 0.3) is 0 Å². The Balaban J connectivity index is 2.26. The van der Waals surface area contributed by atoms with Crippen molar-refractivity contribution in [1.29, 1.82) is 0 Å². The van der Waals surface area contributed by atoms with Crippen molar-refractivity contribution in [3.05, 3.63) is 5.56 Å². The Bertz CT molecular complexity index is 332. The number of methoxy groups -OCH3 is 2. The van der Waals surface area contributed by atoms with E-state index in [1.807, 2.05) is 0 Å². The van der Waals surface area contributed by atoms with Gasteiger partial charge < -0.3 is 14.8 Å². The van der Waals surface area contributed by atoms with Crippen LogP contribution in [0.3, 0.4) is 0 Å². The molecule has 1 aromatic rings. The van der Waals surface area contributed by atoms with Gasteiger partial charge in [0.2, 0.25) is 10.9 Å². The van der Waals surface area contributed by atoms with Crippen LogP contribution in [0.4, 0.5) is 0 Å². The van der Waals surface area contributed by atoms with Crippen LogP contribution in [0.5, 0.6) is 10.9 Å². The summed E-state index contributed by atoms with van der Waals surface area (Å²) in [5, 5.41) is 4.35. The number of hydrogen-bond acceptors (Lipinski definition) is 5. The van der Waals surface area contributed by atoms with E-state index in [9.17, 15) is 0 Å². The molecular weight excluding hydrogens is 224 g/mol. The molecule has 16 heavy (non-hydrogen) atoms. The first-order chi connectivity index (χ1) is 7.76. The molecule has 1 aliphatic heterocycles. The second kappa shape index (κ2) is 5.01.